The molecule has 118 valence electrons. The molecule has 2 rings (SSSR count). The molecule has 1 atom stereocenters. The van der Waals surface area contributed by atoms with Gasteiger partial charge in [-0.15, -0.1) is 0 Å². The van der Waals surface area contributed by atoms with Gasteiger partial charge in [0.1, 0.15) is 0 Å². The minimum atomic E-state index is 0.0603. The Labute approximate surface area is 124 Å². The minimum absolute atomic E-state index is 0.0603. The van der Waals surface area contributed by atoms with E-state index in [1.165, 1.54) is 44.9 Å². The van der Waals surface area contributed by atoms with Crippen molar-refractivity contribution in [3.05, 3.63) is 0 Å². The van der Waals surface area contributed by atoms with Crippen molar-refractivity contribution in [1.82, 2.24) is 5.32 Å². The molecule has 2 aliphatic carbocycles. The van der Waals surface area contributed by atoms with Crippen LogP contribution in [0.3, 0.4) is 0 Å². The second-order valence-electron chi connectivity index (χ2n) is 6.78. The SMILES string of the molecule is CCOCC(C)OC1(CNC2CC2)CCC(CC)CC1. The van der Waals surface area contributed by atoms with Crippen LogP contribution in [-0.2, 0) is 9.47 Å². The van der Waals surface area contributed by atoms with Gasteiger partial charge in [-0.3, -0.25) is 0 Å². The van der Waals surface area contributed by atoms with Gasteiger partial charge < -0.3 is 14.8 Å². The molecule has 3 heteroatoms. The van der Waals surface area contributed by atoms with E-state index >= 15 is 0 Å². The van der Waals surface area contributed by atoms with Gasteiger partial charge in [-0.1, -0.05) is 13.3 Å². The Kier molecular flexibility index (Phi) is 6.31. The number of hydrogen-bond donors (Lipinski definition) is 1. The van der Waals surface area contributed by atoms with Crippen LogP contribution in [0.4, 0.5) is 0 Å². The second-order valence-corrected chi connectivity index (χ2v) is 6.78. The summed E-state index contributed by atoms with van der Waals surface area (Å²) in [6.45, 7) is 9.05. The molecule has 1 N–H and O–H groups in total. The van der Waals surface area contributed by atoms with Gasteiger partial charge in [0.2, 0.25) is 0 Å². The Morgan fingerprint density at radius 2 is 1.85 bits per heavy atom. The first-order valence-corrected chi connectivity index (χ1v) is 8.66. The van der Waals surface area contributed by atoms with Crippen molar-refractivity contribution in [2.24, 2.45) is 5.92 Å². The van der Waals surface area contributed by atoms with Gasteiger partial charge in [-0.2, -0.15) is 0 Å². The summed E-state index contributed by atoms with van der Waals surface area (Å²) in [5.41, 5.74) is 0.0603. The molecular formula is C17H33NO2. The predicted molar refractivity (Wildman–Crippen MR) is 83.0 cm³/mol. The smallest absolute Gasteiger partial charge is 0.0811 e. The van der Waals surface area contributed by atoms with E-state index in [9.17, 15) is 0 Å². The molecule has 1 unspecified atom stereocenters. The molecule has 0 aromatic rings. The van der Waals surface area contributed by atoms with Crippen molar-refractivity contribution in [1.29, 1.82) is 0 Å². The maximum atomic E-state index is 6.46. The van der Waals surface area contributed by atoms with Gasteiger partial charge in [0, 0.05) is 19.2 Å². The number of hydrogen-bond acceptors (Lipinski definition) is 3. The highest BCUT2D eigenvalue weighted by Gasteiger charge is 2.38. The quantitative estimate of drug-likeness (QED) is 0.702. The maximum Gasteiger partial charge on any atom is 0.0811 e. The summed E-state index contributed by atoms with van der Waals surface area (Å²) in [4.78, 5) is 0. The molecule has 0 amide bonds. The molecule has 2 aliphatic rings. The average molecular weight is 283 g/mol. The number of rotatable bonds is 9. The van der Waals surface area contributed by atoms with E-state index in [-0.39, 0.29) is 11.7 Å². The van der Waals surface area contributed by atoms with Crippen LogP contribution in [0.5, 0.6) is 0 Å². The van der Waals surface area contributed by atoms with Crippen LogP contribution < -0.4 is 5.32 Å². The highest BCUT2D eigenvalue weighted by atomic mass is 16.5. The molecule has 0 saturated heterocycles. The lowest BCUT2D eigenvalue weighted by Gasteiger charge is -2.42. The Morgan fingerprint density at radius 3 is 2.40 bits per heavy atom. The summed E-state index contributed by atoms with van der Waals surface area (Å²) in [5, 5.41) is 3.70. The third-order valence-electron chi connectivity index (χ3n) is 4.89. The number of nitrogens with one attached hydrogen (secondary N) is 1. The van der Waals surface area contributed by atoms with Crippen LogP contribution in [0.2, 0.25) is 0 Å². The normalized spacial score (nSPS) is 32.2. The fourth-order valence-corrected chi connectivity index (χ4v) is 3.31. The largest absolute Gasteiger partial charge is 0.379 e. The summed E-state index contributed by atoms with van der Waals surface area (Å²) >= 11 is 0. The topological polar surface area (TPSA) is 30.5 Å². The Morgan fingerprint density at radius 1 is 1.15 bits per heavy atom. The Bertz CT molecular complexity index is 270. The van der Waals surface area contributed by atoms with Crippen molar-refractivity contribution < 1.29 is 9.47 Å². The Hall–Kier alpha value is -0.120. The summed E-state index contributed by atoms with van der Waals surface area (Å²) in [6.07, 6.45) is 9.29. The van der Waals surface area contributed by atoms with E-state index in [4.69, 9.17) is 9.47 Å². The first-order chi connectivity index (χ1) is 9.67. The highest BCUT2D eigenvalue weighted by molar-refractivity contribution is 4.93. The zero-order chi connectivity index (χ0) is 14.4. The molecule has 2 fully saturated rings. The third kappa shape index (κ3) is 5.01. The monoisotopic (exact) mass is 283 g/mol. The van der Waals surface area contributed by atoms with Gasteiger partial charge in [0.15, 0.2) is 0 Å². The first-order valence-electron chi connectivity index (χ1n) is 8.66. The van der Waals surface area contributed by atoms with E-state index in [0.29, 0.717) is 0 Å². The van der Waals surface area contributed by atoms with E-state index in [2.05, 4.69) is 19.2 Å². The minimum Gasteiger partial charge on any atom is -0.379 e. The standard InChI is InChI=1S/C17H33NO2/c1-4-15-8-10-17(11-9-15,13-18-16-6-7-16)20-14(3)12-19-5-2/h14-16,18H,4-13H2,1-3H3. The molecule has 0 bridgehead atoms. The summed E-state index contributed by atoms with van der Waals surface area (Å²) in [7, 11) is 0. The molecule has 3 nitrogen and oxygen atoms in total. The van der Waals surface area contributed by atoms with Crippen LogP contribution in [0.15, 0.2) is 0 Å². The summed E-state index contributed by atoms with van der Waals surface area (Å²) in [6, 6.07) is 0.765. The molecule has 2 saturated carbocycles. The third-order valence-corrected chi connectivity index (χ3v) is 4.89. The van der Waals surface area contributed by atoms with E-state index in [1.54, 1.807) is 0 Å². The molecule has 0 heterocycles. The van der Waals surface area contributed by atoms with E-state index in [1.807, 2.05) is 6.92 Å². The van der Waals surface area contributed by atoms with Crippen LogP contribution >= 0.6 is 0 Å². The lowest BCUT2D eigenvalue weighted by atomic mass is 9.77. The fraction of sp³-hybridized carbons (Fsp3) is 1.00. The predicted octanol–water partition coefficient (Wildman–Crippen LogP) is 3.52. The molecule has 0 aromatic carbocycles. The van der Waals surface area contributed by atoms with Gasteiger partial charge in [0.25, 0.3) is 0 Å². The fourth-order valence-electron chi connectivity index (χ4n) is 3.31. The molecule has 0 spiro atoms. The Balaban J connectivity index is 1.85. The first kappa shape index (κ1) is 16.3. The van der Waals surface area contributed by atoms with Gasteiger partial charge in [-0.05, 0) is 58.3 Å². The van der Waals surface area contributed by atoms with Gasteiger partial charge >= 0.3 is 0 Å². The lowest BCUT2D eigenvalue weighted by Crippen LogP contribution is -2.48. The van der Waals surface area contributed by atoms with Crippen LogP contribution in [0.25, 0.3) is 0 Å². The molecule has 20 heavy (non-hydrogen) atoms. The zero-order valence-electron chi connectivity index (χ0n) is 13.6. The second kappa shape index (κ2) is 7.77. The van der Waals surface area contributed by atoms with Crippen molar-refractivity contribution in [2.75, 3.05) is 19.8 Å². The number of ether oxygens (including phenoxy) is 2. The highest BCUT2D eigenvalue weighted by Crippen LogP contribution is 2.37. The van der Waals surface area contributed by atoms with E-state index in [0.717, 1.165) is 31.7 Å². The van der Waals surface area contributed by atoms with Crippen LogP contribution in [0, 0.1) is 5.92 Å². The molecule has 0 radical (unpaired) electrons. The molecule has 0 aliphatic heterocycles. The van der Waals surface area contributed by atoms with E-state index < -0.39 is 0 Å². The maximum absolute atomic E-state index is 6.46. The van der Waals surface area contributed by atoms with Crippen molar-refractivity contribution in [3.63, 3.8) is 0 Å². The summed E-state index contributed by atoms with van der Waals surface area (Å²) < 4.78 is 12.0. The molecular weight excluding hydrogens is 250 g/mol. The summed E-state index contributed by atoms with van der Waals surface area (Å²) in [5.74, 6) is 0.912. The lowest BCUT2D eigenvalue weighted by molar-refractivity contribution is -0.131. The van der Waals surface area contributed by atoms with Crippen LogP contribution in [0.1, 0.15) is 65.7 Å². The van der Waals surface area contributed by atoms with Gasteiger partial charge in [-0.25, -0.2) is 0 Å². The van der Waals surface area contributed by atoms with Gasteiger partial charge in [0.05, 0.1) is 18.3 Å². The zero-order valence-corrected chi connectivity index (χ0v) is 13.6. The van der Waals surface area contributed by atoms with Crippen LogP contribution in [-0.4, -0.2) is 37.5 Å². The molecule has 0 aromatic heterocycles. The van der Waals surface area contributed by atoms with Crippen molar-refractivity contribution in [2.45, 2.75) is 83.5 Å². The average Bonchev–Trinajstić information content (AvgIpc) is 3.28. The van der Waals surface area contributed by atoms with Crippen molar-refractivity contribution in [3.8, 4) is 0 Å². The van der Waals surface area contributed by atoms with Crippen molar-refractivity contribution >= 4 is 0 Å².